The number of carbonyl (C=O) groups excluding carboxylic acids is 1. The third kappa shape index (κ3) is 7.96. The molecule has 1 aromatic heterocycles. The summed E-state index contributed by atoms with van der Waals surface area (Å²) in [7, 11) is 1.49. The Balaban J connectivity index is 1.93. The molecule has 168 valence electrons. The second-order valence-electron chi connectivity index (χ2n) is 6.81. The number of rotatable bonds is 12. The van der Waals surface area contributed by atoms with Crippen molar-refractivity contribution in [2.45, 2.75) is 25.8 Å². The van der Waals surface area contributed by atoms with E-state index in [0.29, 0.717) is 30.1 Å². The van der Waals surface area contributed by atoms with E-state index in [-0.39, 0.29) is 6.42 Å². The molecule has 0 bridgehead atoms. The number of carbonyl (C=O) groups is 2. The van der Waals surface area contributed by atoms with Crippen LogP contribution in [0.25, 0.3) is 0 Å². The predicted octanol–water partition coefficient (Wildman–Crippen LogP) is 0.483. The van der Waals surface area contributed by atoms with Crippen LogP contribution in [0.3, 0.4) is 0 Å². The molecule has 1 atom stereocenters. The maximum atomic E-state index is 12.6. The van der Waals surface area contributed by atoms with Gasteiger partial charge in [-0.3, -0.25) is 19.6 Å². The Hall–Kier alpha value is -3.63. The summed E-state index contributed by atoms with van der Waals surface area (Å²) in [6.07, 6.45) is 3.54. The Morgan fingerprint density at radius 3 is 2.87 bits per heavy atom. The van der Waals surface area contributed by atoms with Gasteiger partial charge in [-0.1, -0.05) is 6.07 Å². The first-order chi connectivity index (χ1) is 14.9. The zero-order chi connectivity index (χ0) is 22.6. The molecule has 2 heterocycles. The summed E-state index contributed by atoms with van der Waals surface area (Å²) in [5.41, 5.74) is 0.941. The Morgan fingerprint density at radius 1 is 1.48 bits per heavy atom. The van der Waals surface area contributed by atoms with E-state index in [2.05, 4.69) is 37.7 Å². The van der Waals surface area contributed by atoms with Crippen molar-refractivity contribution in [3.8, 4) is 5.88 Å². The van der Waals surface area contributed by atoms with Gasteiger partial charge in [0.25, 0.3) is 0 Å². The topological polar surface area (TPSA) is 141 Å². The second kappa shape index (κ2) is 12.2. The Kier molecular flexibility index (Phi) is 9.27. The highest BCUT2D eigenvalue weighted by Crippen LogP contribution is 2.19. The number of aromatic nitrogens is 1. The fraction of sp³-hybridized carbons (Fsp3) is 0.450. The average Bonchev–Trinajstić information content (AvgIpc) is 3.28. The third-order valence-corrected chi connectivity index (χ3v) is 4.47. The fourth-order valence-corrected chi connectivity index (χ4v) is 2.84. The molecular formula is C20H29N7O4. The van der Waals surface area contributed by atoms with E-state index in [1.165, 1.54) is 13.3 Å². The molecule has 1 aliphatic rings. The number of hydrazone groups is 1. The number of aliphatic imine (C=N–C) groups is 1. The van der Waals surface area contributed by atoms with Gasteiger partial charge in [0.15, 0.2) is 5.96 Å². The van der Waals surface area contributed by atoms with Gasteiger partial charge in [0.2, 0.25) is 11.8 Å². The number of ether oxygens (including phenoxy) is 1. The third-order valence-electron chi connectivity index (χ3n) is 4.47. The summed E-state index contributed by atoms with van der Waals surface area (Å²) < 4.78 is 5.01. The van der Waals surface area contributed by atoms with Gasteiger partial charge in [-0.2, -0.15) is 5.10 Å². The van der Waals surface area contributed by atoms with Crippen molar-refractivity contribution in [2.24, 2.45) is 10.1 Å². The van der Waals surface area contributed by atoms with Crippen LogP contribution in [0.4, 0.5) is 0 Å². The number of nitrogens with zero attached hydrogens (tertiary/aromatic N) is 4. The normalized spacial score (nSPS) is 14.1. The van der Waals surface area contributed by atoms with Crippen molar-refractivity contribution in [3.63, 3.8) is 0 Å². The molecule has 11 heteroatoms. The molecule has 0 aliphatic carbocycles. The standard InChI is InChI=1S/C20H29N7O4/c1-14(13-27(21-2)10-4-7-22-20-23-8-9-24-20)19(30)26-16(11-18(28)29)15-5-6-17(31-3)25-12-15/h5-6,12-13,16H,2,4,7-11H2,1,3H3,(H,26,30)(H,28,29)(H2,22,23,24)/b14-13+/t16-/m0/s1. The highest BCUT2D eigenvalue weighted by molar-refractivity contribution is 5.93. The molecule has 0 unspecified atom stereocenters. The van der Waals surface area contributed by atoms with Crippen LogP contribution in [0, 0.1) is 0 Å². The van der Waals surface area contributed by atoms with Gasteiger partial charge >= 0.3 is 5.97 Å². The fourth-order valence-electron chi connectivity index (χ4n) is 2.84. The molecule has 0 fully saturated rings. The minimum atomic E-state index is -1.04. The molecule has 0 saturated carbocycles. The van der Waals surface area contributed by atoms with Crippen molar-refractivity contribution in [2.75, 3.05) is 33.3 Å². The first-order valence-corrected chi connectivity index (χ1v) is 9.89. The highest BCUT2D eigenvalue weighted by Gasteiger charge is 2.20. The highest BCUT2D eigenvalue weighted by atomic mass is 16.5. The summed E-state index contributed by atoms with van der Waals surface area (Å²) in [5.74, 6) is -0.246. The predicted molar refractivity (Wildman–Crippen MR) is 117 cm³/mol. The lowest BCUT2D eigenvalue weighted by molar-refractivity contribution is -0.137. The lowest BCUT2D eigenvalue weighted by Gasteiger charge is -2.19. The number of hydrogen-bond donors (Lipinski definition) is 4. The lowest BCUT2D eigenvalue weighted by Crippen LogP contribution is -2.35. The van der Waals surface area contributed by atoms with E-state index in [1.54, 1.807) is 30.3 Å². The quantitative estimate of drug-likeness (QED) is 0.162. The number of amides is 1. The molecule has 11 nitrogen and oxygen atoms in total. The lowest BCUT2D eigenvalue weighted by atomic mass is 10.1. The van der Waals surface area contributed by atoms with Crippen LogP contribution < -0.4 is 20.7 Å². The number of pyridine rings is 1. The summed E-state index contributed by atoms with van der Waals surface area (Å²) in [4.78, 5) is 32.2. The van der Waals surface area contributed by atoms with Crippen LogP contribution in [-0.2, 0) is 9.59 Å². The van der Waals surface area contributed by atoms with E-state index in [0.717, 1.165) is 25.5 Å². The maximum Gasteiger partial charge on any atom is 0.305 e. The van der Waals surface area contributed by atoms with Gasteiger partial charge in [0.05, 0.1) is 26.1 Å². The number of hydrogen-bond acceptors (Lipinski definition) is 9. The van der Waals surface area contributed by atoms with Crippen molar-refractivity contribution >= 4 is 24.6 Å². The zero-order valence-corrected chi connectivity index (χ0v) is 17.8. The average molecular weight is 431 g/mol. The van der Waals surface area contributed by atoms with Crippen LogP contribution in [0.15, 0.2) is 40.2 Å². The molecule has 1 amide bonds. The van der Waals surface area contributed by atoms with Gasteiger partial charge in [-0.25, -0.2) is 4.98 Å². The molecule has 4 N–H and O–H groups in total. The number of guanidine groups is 1. The van der Waals surface area contributed by atoms with Crippen LogP contribution in [-0.4, -0.2) is 72.9 Å². The maximum absolute atomic E-state index is 12.6. The number of aliphatic carboxylic acids is 1. The smallest absolute Gasteiger partial charge is 0.305 e. The first-order valence-electron chi connectivity index (χ1n) is 9.89. The summed E-state index contributed by atoms with van der Waals surface area (Å²) >= 11 is 0. The van der Waals surface area contributed by atoms with Crippen molar-refractivity contribution in [1.82, 2.24) is 25.9 Å². The molecule has 1 aliphatic heterocycles. The first kappa shape index (κ1) is 23.6. The molecule has 0 spiro atoms. The number of carboxylic acid groups (broad SMARTS) is 1. The molecule has 0 saturated heterocycles. The van der Waals surface area contributed by atoms with Gasteiger partial charge in [0, 0.05) is 50.4 Å². The monoisotopic (exact) mass is 431 g/mol. The number of methoxy groups -OCH3 is 1. The summed E-state index contributed by atoms with van der Waals surface area (Å²) in [6, 6.07) is 2.55. The Labute approximate surface area is 181 Å². The molecule has 31 heavy (non-hydrogen) atoms. The van der Waals surface area contributed by atoms with Gasteiger partial charge in [-0.05, 0) is 18.9 Å². The van der Waals surface area contributed by atoms with Crippen LogP contribution in [0.2, 0.25) is 0 Å². The van der Waals surface area contributed by atoms with E-state index < -0.39 is 17.9 Å². The van der Waals surface area contributed by atoms with Crippen LogP contribution in [0.5, 0.6) is 5.88 Å². The van der Waals surface area contributed by atoms with Crippen molar-refractivity contribution in [1.29, 1.82) is 0 Å². The second-order valence-corrected chi connectivity index (χ2v) is 6.81. The molecule has 0 aromatic carbocycles. The molecule has 2 rings (SSSR count). The van der Waals surface area contributed by atoms with E-state index in [4.69, 9.17) is 4.74 Å². The zero-order valence-electron chi connectivity index (χ0n) is 17.8. The minimum absolute atomic E-state index is 0.278. The Morgan fingerprint density at radius 2 is 2.29 bits per heavy atom. The summed E-state index contributed by atoms with van der Waals surface area (Å²) in [6.45, 7) is 8.03. The molecular weight excluding hydrogens is 402 g/mol. The SMILES string of the molecule is C=NN(/C=C(\C)C(=O)N[C@@H](CC(=O)O)c1ccc(OC)nc1)CCCNC1=NCCN1. The number of nitrogens with one attached hydrogen (secondary N) is 3. The van der Waals surface area contributed by atoms with Crippen molar-refractivity contribution in [3.05, 3.63) is 35.7 Å². The van der Waals surface area contributed by atoms with E-state index >= 15 is 0 Å². The largest absolute Gasteiger partial charge is 0.481 e. The van der Waals surface area contributed by atoms with Gasteiger partial charge < -0.3 is 25.8 Å². The van der Waals surface area contributed by atoms with E-state index in [9.17, 15) is 14.7 Å². The Bertz CT molecular complexity index is 823. The molecule has 1 aromatic rings. The van der Waals surface area contributed by atoms with Crippen LogP contribution in [0.1, 0.15) is 31.4 Å². The van der Waals surface area contributed by atoms with Crippen molar-refractivity contribution < 1.29 is 19.4 Å². The molecule has 0 radical (unpaired) electrons. The van der Waals surface area contributed by atoms with Gasteiger partial charge in [-0.15, -0.1) is 0 Å². The van der Waals surface area contributed by atoms with Crippen LogP contribution >= 0.6 is 0 Å². The summed E-state index contributed by atoms with van der Waals surface area (Å²) in [5, 5.41) is 23.8. The number of carboxylic acids is 1. The minimum Gasteiger partial charge on any atom is -0.481 e. The van der Waals surface area contributed by atoms with E-state index in [1.807, 2.05) is 0 Å². The van der Waals surface area contributed by atoms with Gasteiger partial charge in [0.1, 0.15) is 0 Å².